The lowest BCUT2D eigenvalue weighted by Gasteiger charge is -2.40. The van der Waals surface area contributed by atoms with E-state index in [1.54, 1.807) is 36.1 Å². The number of piperazine rings is 1. The molecular formula is C21H24F2N6O. The van der Waals surface area contributed by atoms with Gasteiger partial charge in [-0.3, -0.25) is 4.90 Å². The van der Waals surface area contributed by atoms with Crippen molar-refractivity contribution in [1.82, 2.24) is 25.1 Å². The van der Waals surface area contributed by atoms with Crippen molar-refractivity contribution >= 4 is 5.69 Å². The molecular weight excluding hydrogens is 390 g/mol. The second kappa shape index (κ2) is 9.27. The molecule has 0 bridgehead atoms. The van der Waals surface area contributed by atoms with Gasteiger partial charge in [-0.2, -0.15) is 0 Å². The van der Waals surface area contributed by atoms with E-state index >= 15 is 0 Å². The first-order chi connectivity index (χ1) is 14.7. The minimum Gasteiger partial charge on any atom is -0.383 e. The van der Waals surface area contributed by atoms with Gasteiger partial charge in [0, 0.05) is 44.5 Å². The van der Waals surface area contributed by atoms with Gasteiger partial charge in [0.2, 0.25) is 0 Å². The lowest BCUT2D eigenvalue weighted by Crippen LogP contribution is -2.48. The van der Waals surface area contributed by atoms with Gasteiger partial charge >= 0.3 is 0 Å². The molecule has 1 aliphatic rings. The van der Waals surface area contributed by atoms with Crippen molar-refractivity contribution in [1.29, 1.82) is 0 Å². The summed E-state index contributed by atoms with van der Waals surface area (Å²) >= 11 is 0. The number of nitrogens with zero attached hydrogens (tertiary/aromatic N) is 6. The Kier molecular flexibility index (Phi) is 6.29. The van der Waals surface area contributed by atoms with Gasteiger partial charge < -0.3 is 9.64 Å². The summed E-state index contributed by atoms with van der Waals surface area (Å²) in [5, 5.41) is 12.1. The summed E-state index contributed by atoms with van der Waals surface area (Å²) in [5.74, 6) is 0.0528. The van der Waals surface area contributed by atoms with Crippen LogP contribution in [0.5, 0.6) is 0 Å². The van der Waals surface area contributed by atoms with Crippen LogP contribution in [-0.2, 0) is 11.3 Å². The number of benzene rings is 2. The lowest BCUT2D eigenvalue weighted by atomic mass is 10.0. The van der Waals surface area contributed by atoms with Crippen LogP contribution < -0.4 is 4.90 Å². The molecule has 1 aliphatic heterocycles. The summed E-state index contributed by atoms with van der Waals surface area (Å²) in [6, 6.07) is 12.8. The van der Waals surface area contributed by atoms with Crippen molar-refractivity contribution in [3.05, 3.63) is 71.6 Å². The number of tetrazole rings is 1. The zero-order valence-electron chi connectivity index (χ0n) is 16.8. The van der Waals surface area contributed by atoms with E-state index in [0.717, 1.165) is 18.8 Å². The number of anilines is 1. The van der Waals surface area contributed by atoms with Crippen molar-refractivity contribution in [3.63, 3.8) is 0 Å². The molecule has 4 rings (SSSR count). The molecule has 0 amide bonds. The summed E-state index contributed by atoms with van der Waals surface area (Å²) in [6.07, 6.45) is 0. The summed E-state index contributed by atoms with van der Waals surface area (Å²) in [4.78, 5) is 4.38. The average molecular weight is 414 g/mol. The normalized spacial score (nSPS) is 16.0. The van der Waals surface area contributed by atoms with E-state index in [9.17, 15) is 8.78 Å². The molecule has 30 heavy (non-hydrogen) atoms. The zero-order chi connectivity index (χ0) is 20.9. The molecule has 1 saturated heterocycles. The fraction of sp³-hybridized carbons (Fsp3) is 0.381. The smallest absolute Gasteiger partial charge is 0.173 e. The van der Waals surface area contributed by atoms with E-state index < -0.39 is 6.04 Å². The second-order valence-corrected chi connectivity index (χ2v) is 7.18. The summed E-state index contributed by atoms with van der Waals surface area (Å²) in [6.45, 7) is 3.78. The number of rotatable bonds is 7. The molecule has 1 fully saturated rings. The summed E-state index contributed by atoms with van der Waals surface area (Å²) < 4.78 is 34.8. The van der Waals surface area contributed by atoms with Gasteiger partial charge in [0.05, 0.1) is 13.2 Å². The van der Waals surface area contributed by atoms with Crippen LogP contribution in [0.3, 0.4) is 0 Å². The van der Waals surface area contributed by atoms with Crippen LogP contribution >= 0.6 is 0 Å². The van der Waals surface area contributed by atoms with Crippen molar-refractivity contribution < 1.29 is 13.5 Å². The maximum atomic E-state index is 14.8. The van der Waals surface area contributed by atoms with Gasteiger partial charge in [-0.1, -0.05) is 18.2 Å². The average Bonchev–Trinajstić information content (AvgIpc) is 3.23. The standard InChI is InChI=1S/C21H24F2N6O/c1-30-15-14-29-21(24-25-26-29)20(18-4-2-3-5-19(18)23)28-12-10-27(11-13-28)17-8-6-16(22)7-9-17/h2-9,20H,10-15H2,1H3/t20-/m1/s1. The van der Waals surface area contributed by atoms with Gasteiger partial charge in [0.1, 0.15) is 17.7 Å². The van der Waals surface area contributed by atoms with Crippen LogP contribution in [0, 0.1) is 11.6 Å². The number of ether oxygens (including phenoxy) is 1. The highest BCUT2D eigenvalue weighted by Crippen LogP contribution is 2.30. The quantitative estimate of drug-likeness (QED) is 0.592. The third kappa shape index (κ3) is 4.31. The largest absolute Gasteiger partial charge is 0.383 e. The van der Waals surface area contributed by atoms with E-state index in [1.807, 2.05) is 6.07 Å². The molecule has 0 saturated carbocycles. The maximum absolute atomic E-state index is 14.8. The van der Waals surface area contributed by atoms with Crippen LogP contribution in [0.15, 0.2) is 48.5 Å². The molecule has 0 radical (unpaired) electrons. The molecule has 9 heteroatoms. The Morgan fingerprint density at radius 3 is 2.43 bits per heavy atom. The third-order valence-corrected chi connectivity index (χ3v) is 5.38. The Hall–Kier alpha value is -2.91. The molecule has 158 valence electrons. The molecule has 0 unspecified atom stereocenters. The van der Waals surface area contributed by atoms with E-state index in [-0.39, 0.29) is 11.6 Å². The van der Waals surface area contributed by atoms with E-state index in [1.165, 1.54) is 18.2 Å². The van der Waals surface area contributed by atoms with Crippen molar-refractivity contribution in [2.24, 2.45) is 0 Å². The van der Waals surface area contributed by atoms with Gasteiger partial charge in [0.15, 0.2) is 5.82 Å². The second-order valence-electron chi connectivity index (χ2n) is 7.18. The first kappa shape index (κ1) is 20.4. The molecule has 3 aromatic rings. The van der Waals surface area contributed by atoms with Crippen LogP contribution in [0.4, 0.5) is 14.5 Å². The number of halogens is 2. The monoisotopic (exact) mass is 414 g/mol. The van der Waals surface area contributed by atoms with Crippen LogP contribution in [0.1, 0.15) is 17.4 Å². The van der Waals surface area contributed by atoms with Gasteiger partial charge in [-0.05, 0) is 40.8 Å². The van der Waals surface area contributed by atoms with Crippen molar-refractivity contribution in [2.45, 2.75) is 12.6 Å². The first-order valence-electron chi connectivity index (χ1n) is 9.91. The Bertz CT molecular complexity index is 956. The van der Waals surface area contributed by atoms with E-state index in [0.29, 0.717) is 37.6 Å². The highest BCUT2D eigenvalue weighted by Gasteiger charge is 2.32. The van der Waals surface area contributed by atoms with Gasteiger partial charge in [0.25, 0.3) is 0 Å². The Balaban J connectivity index is 1.59. The Morgan fingerprint density at radius 2 is 1.73 bits per heavy atom. The summed E-state index contributed by atoms with van der Waals surface area (Å²) in [5.41, 5.74) is 1.52. The minimum atomic E-state index is -0.409. The lowest BCUT2D eigenvalue weighted by molar-refractivity contribution is 0.171. The van der Waals surface area contributed by atoms with Crippen LogP contribution in [0.25, 0.3) is 0 Å². The number of aromatic nitrogens is 4. The third-order valence-electron chi connectivity index (χ3n) is 5.38. The number of methoxy groups -OCH3 is 1. The zero-order valence-corrected chi connectivity index (χ0v) is 16.8. The fourth-order valence-corrected chi connectivity index (χ4v) is 3.83. The highest BCUT2D eigenvalue weighted by molar-refractivity contribution is 5.46. The predicted molar refractivity (Wildman–Crippen MR) is 108 cm³/mol. The number of hydrogen-bond acceptors (Lipinski definition) is 6. The van der Waals surface area contributed by atoms with E-state index in [4.69, 9.17) is 4.74 Å². The maximum Gasteiger partial charge on any atom is 0.173 e. The summed E-state index contributed by atoms with van der Waals surface area (Å²) in [7, 11) is 1.62. The Morgan fingerprint density at radius 1 is 1.00 bits per heavy atom. The van der Waals surface area contributed by atoms with Crippen molar-refractivity contribution in [2.75, 3.05) is 44.8 Å². The number of hydrogen-bond donors (Lipinski definition) is 0. The molecule has 2 heterocycles. The van der Waals surface area contributed by atoms with Gasteiger partial charge in [-0.15, -0.1) is 5.10 Å². The highest BCUT2D eigenvalue weighted by atomic mass is 19.1. The molecule has 0 aliphatic carbocycles. The Labute approximate surface area is 173 Å². The predicted octanol–water partition coefficient (Wildman–Crippen LogP) is 2.51. The molecule has 1 aromatic heterocycles. The fourth-order valence-electron chi connectivity index (χ4n) is 3.83. The first-order valence-corrected chi connectivity index (χ1v) is 9.91. The SMILES string of the molecule is COCCn1nnnc1[C@@H](c1ccccc1F)N1CCN(c2ccc(F)cc2)CC1. The molecule has 7 nitrogen and oxygen atoms in total. The minimum absolute atomic E-state index is 0.250. The van der Waals surface area contributed by atoms with E-state index in [2.05, 4.69) is 25.3 Å². The molecule has 1 atom stereocenters. The van der Waals surface area contributed by atoms with Crippen LogP contribution in [-0.4, -0.2) is 65.0 Å². The van der Waals surface area contributed by atoms with Crippen LogP contribution in [0.2, 0.25) is 0 Å². The van der Waals surface area contributed by atoms with Gasteiger partial charge in [-0.25, -0.2) is 13.5 Å². The van der Waals surface area contributed by atoms with Crippen molar-refractivity contribution in [3.8, 4) is 0 Å². The molecule has 0 spiro atoms. The topological polar surface area (TPSA) is 59.3 Å². The molecule has 2 aromatic carbocycles. The molecule has 0 N–H and O–H groups in total.